The number of benzene rings is 2. The quantitative estimate of drug-likeness (QED) is 0.701. The standard InChI is InChI=1S/C20H15ClN4O/c21-17-8-5-14(6-9-17)12-23-19-10-7-16(13-24-19)20(26)25-18-4-2-1-3-15(18)11-22/h1-10,13H,12H2,(H,23,24)(H,25,26). The van der Waals surface area contributed by atoms with Gasteiger partial charge in [-0.25, -0.2) is 4.98 Å². The van der Waals surface area contributed by atoms with E-state index in [1.165, 1.54) is 6.20 Å². The fraction of sp³-hybridized carbons (Fsp3) is 0.0500. The Morgan fingerprint density at radius 3 is 2.54 bits per heavy atom. The molecule has 0 unspecified atom stereocenters. The molecule has 0 aliphatic carbocycles. The topological polar surface area (TPSA) is 77.8 Å². The van der Waals surface area contributed by atoms with Crippen molar-refractivity contribution in [3.05, 3.63) is 88.6 Å². The van der Waals surface area contributed by atoms with E-state index in [-0.39, 0.29) is 5.91 Å². The van der Waals surface area contributed by atoms with Gasteiger partial charge in [0.05, 0.1) is 16.8 Å². The maximum Gasteiger partial charge on any atom is 0.257 e. The molecule has 3 rings (SSSR count). The lowest BCUT2D eigenvalue weighted by atomic mass is 10.2. The van der Waals surface area contributed by atoms with Crippen molar-refractivity contribution in [2.24, 2.45) is 0 Å². The number of carbonyl (C=O) groups excluding carboxylic acids is 1. The number of amides is 1. The van der Waals surface area contributed by atoms with Crippen LogP contribution in [-0.4, -0.2) is 10.9 Å². The van der Waals surface area contributed by atoms with E-state index in [4.69, 9.17) is 16.9 Å². The fourth-order valence-electron chi connectivity index (χ4n) is 2.31. The van der Waals surface area contributed by atoms with Gasteiger partial charge < -0.3 is 10.6 Å². The molecule has 0 aliphatic heterocycles. The summed E-state index contributed by atoms with van der Waals surface area (Å²) in [6.45, 7) is 0.602. The first kappa shape index (κ1) is 17.5. The number of hydrogen-bond donors (Lipinski definition) is 2. The second-order valence-electron chi connectivity index (χ2n) is 5.52. The number of nitrogens with zero attached hydrogens (tertiary/aromatic N) is 2. The number of para-hydroxylation sites is 1. The van der Waals surface area contributed by atoms with E-state index >= 15 is 0 Å². The summed E-state index contributed by atoms with van der Waals surface area (Å²) in [5.41, 5.74) is 2.38. The van der Waals surface area contributed by atoms with Crippen molar-refractivity contribution in [2.45, 2.75) is 6.54 Å². The van der Waals surface area contributed by atoms with Crippen molar-refractivity contribution < 1.29 is 4.79 Å². The molecule has 5 nitrogen and oxygen atoms in total. The van der Waals surface area contributed by atoms with Gasteiger partial charge in [0, 0.05) is 17.8 Å². The zero-order valence-electron chi connectivity index (χ0n) is 13.7. The van der Waals surface area contributed by atoms with Gasteiger partial charge in [0.25, 0.3) is 5.91 Å². The van der Waals surface area contributed by atoms with Gasteiger partial charge in [0.15, 0.2) is 0 Å². The highest BCUT2D eigenvalue weighted by Gasteiger charge is 2.09. The molecule has 1 amide bonds. The highest BCUT2D eigenvalue weighted by molar-refractivity contribution is 6.30. The summed E-state index contributed by atoms with van der Waals surface area (Å²) in [5.74, 6) is 0.346. The minimum absolute atomic E-state index is 0.315. The Hall–Kier alpha value is -3.36. The summed E-state index contributed by atoms with van der Waals surface area (Å²) < 4.78 is 0. The Labute approximate surface area is 156 Å². The Morgan fingerprint density at radius 2 is 1.85 bits per heavy atom. The molecule has 1 heterocycles. The van der Waals surface area contributed by atoms with Crippen LogP contribution in [0.2, 0.25) is 5.02 Å². The molecule has 26 heavy (non-hydrogen) atoms. The molecule has 0 radical (unpaired) electrons. The van der Waals surface area contributed by atoms with Gasteiger partial charge in [0.2, 0.25) is 0 Å². The number of hydrogen-bond acceptors (Lipinski definition) is 4. The summed E-state index contributed by atoms with van der Waals surface area (Å²) in [4.78, 5) is 16.6. The Kier molecular flexibility index (Phi) is 5.47. The fourth-order valence-corrected chi connectivity index (χ4v) is 2.44. The molecule has 1 aromatic heterocycles. The molecule has 0 aliphatic rings. The molecular formula is C20H15ClN4O. The molecule has 0 spiro atoms. The van der Waals surface area contributed by atoms with Gasteiger partial charge in [0.1, 0.15) is 11.9 Å². The van der Waals surface area contributed by atoms with Gasteiger partial charge in [-0.05, 0) is 42.0 Å². The Bertz CT molecular complexity index is 947. The summed E-state index contributed by atoms with van der Waals surface area (Å²) in [7, 11) is 0. The first-order valence-electron chi connectivity index (χ1n) is 7.90. The lowest BCUT2D eigenvalue weighted by molar-refractivity contribution is 0.102. The smallest absolute Gasteiger partial charge is 0.257 e. The largest absolute Gasteiger partial charge is 0.366 e. The van der Waals surface area contributed by atoms with E-state index < -0.39 is 0 Å². The number of anilines is 2. The lowest BCUT2D eigenvalue weighted by Crippen LogP contribution is -2.13. The average Bonchev–Trinajstić information content (AvgIpc) is 2.68. The number of nitrogens with one attached hydrogen (secondary N) is 2. The van der Waals surface area contributed by atoms with Crippen LogP contribution in [0.5, 0.6) is 0 Å². The number of aromatic nitrogens is 1. The van der Waals surface area contributed by atoms with Crippen molar-refractivity contribution in [3.8, 4) is 6.07 Å². The van der Waals surface area contributed by atoms with Crippen LogP contribution >= 0.6 is 11.6 Å². The Morgan fingerprint density at radius 1 is 1.08 bits per heavy atom. The molecule has 2 aromatic carbocycles. The summed E-state index contributed by atoms with van der Waals surface area (Å²) >= 11 is 5.86. The summed E-state index contributed by atoms with van der Waals surface area (Å²) in [5, 5.41) is 15.7. The summed E-state index contributed by atoms with van der Waals surface area (Å²) in [6, 6.07) is 19.8. The number of rotatable bonds is 5. The van der Waals surface area contributed by atoms with Crippen molar-refractivity contribution in [1.82, 2.24) is 4.98 Å². The minimum Gasteiger partial charge on any atom is -0.366 e. The molecular weight excluding hydrogens is 348 g/mol. The zero-order chi connectivity index (χ0) is 18.4. The second-order valence-corrected chi connectivity index (χ2v) is 5.96. The predicted molar refractivity (Wildman–Crippen MR) is 102 cm³/mol. The maximum absolute atomic E-state index is 12.3. The van der Waals surface area contributed by atoms with E-state index in [1.807, 2.05) is 30.3 Å². The van der Waals surface area contributed by atoms with Gasteiger partial charge in [-0.2, -0.15) is 5.26 Å². The molecule has 0 fully saturated rings. The number of pyridine rings is 1. The number of carbonyl (C=O) groups is 1. The molecule has 0 saturated heterocycles. The monoisotopic (exact) mass is 362 g/mol. The first-order valence-corrected chi connectivity index (χ1v) is 8.28. The third kappa shape index (κ3) is 4.38. The van der Waals surface area contributed by atoms with Crippen LogP contribution in [0.15, 0.2) is 66.9 Å². The van der Waals surface area contributed by atoms with Crippen molar-refractivity contribution in [3.63, 3.8) is 0 Å². The number of nitriles is 1. The highest BCUT2D eigenvalue weighted by atomic mass is 35.5. The highest BCUT2D eigenvalue weighted by Crippen LogP contribution is 2.16. The molecule has 0 atom stereocenters. The minimum atomic E-state index is -0.315. The molecule has 0 bridgehead atoms. The van der Waals surface area contributed by atoms with Crippen LogP contribution in [-0.2, 0) is 6.54 Å². The van der Waals surface area contributed by atoms with Crippen LogP contribution in [0.25, 0.3) is 0 Å². The lowest BCUT2D eigenvalue weighted by Gasteiger charge is -2.08. The third-order valence-corrected chi connectivity index (χ3v) is 3.96. The van der Waals surface area contributed by atoms with E-state index in [1.54, 1.807) is 36.4 Å². The van der Waals surface area contributed by atoms with Crippen LogP contribution in [0.3, 0.4) is 0 Å². The van der Waals surface area contributed by atoms with Crippen molar-refractivity contribution >= 4 is 29.0 Å². The molecule has 128 valence electrons. The van der Waals surface area contributed by atoms with Gasteiger partial charge in [-0.3, -0.25) is 4.79 Å². The van der Waals surface area contributed by atoms with Crippen molar-refractivity contribution in [1.29, 1.82) is 5.26 Å². The number of halogens is 1. The van der Waals surface area contributed by atoms with Crippen LogP contribution in [0.1, 0.15) is 21.5 Å². The van der Waals surface area contributed by atoms with E-state index in [0.29, 0.717) is 34.2 Å². The average molecular weight is 363 g/mol. The molecule has 3 aromatic rings. The van der Waals surface area contributed by atoms with Gasteiger partial charge >= 0.3 is 0 Å². The summed E-state index contributed by atoms with van der Waals surface area (Å²) in [6.07, 6.45) is 1.49. The molecule has 6 heteroatoms. The normalized spacial score (nSPS) is 10.0. The molecule has 2 N–H and O–H groups in total. The second kappa shape index (κ2) is 8.15. The zero-order valence-corrected chi connectivity index (χ0v) is 14.5. The van der Waals surface area contributed by atoms with Gasteiger partial charge in [-0.1, -0.05) is 35.9 Å². The first-order chi connectivity index (χ1) is 12.7. The maximum atomic E-state index is 12.3. The van der Waals surface area contributed by atoms with Crippen molar-refractivity contribution in [2.75, 3.05) is 10.6 Å². The molecule has 0 saturated carbocycles. The van der Waals surface area contributed by atoms with E-state index in [9.17, 15) is 4.79 Å². The van der Waals surface area contributed by atoms with Gasteiger partial charge in [-0.15, -0.1) is 0 Å². The SMILES string of the molecule is N#Cc1ccccc1NC(=O)c1ccc(NCc2ccc(Cl)cc2)nc1. The van der Waals surface area contributed by atoms with Crippen LogP contribution < -0.4 is 10.6 Å². The predicted octanol–water partition coefficient (Wildman–Crippen LogP) is 4.47. The van der Waals surface area contributed by atoms with E-state index in [0.717, 1.165) is 5.56 Å². The van der Waals surface area contributed by atoms with Crippen LogP contribution in [0, 0.1) is 11.3 Å². The van der Waals surface area contributed by atoms with Crippen LogP contribution in [0.4, 0.5) is 11.5 Å². The Balaban J connectivity index is 1.62. The third-order valence-electron chi connectivity index (χ3n) is 3.71. The van der Waals surface area contributed by atoms with E-state index in [2.05, 4.69) is 15.6 Å².